The molecule has 1 rings (SSSR count). The zero-order chi connectivity index (χ0) is 7.94. The average molecular weight is 175 g/mol. The van der Waals surface area contributed by atoms with Gasteiger partial charge in [0.2, 0.25) is 0 Å². The molecular weight excluding hydrogens is 158 g/mol. The minimum Gasteiger partial charge on any atom is -0.377 e. The third kappa shape index (κ3) is 3.99. The molecule has 0 aromatic carbocycles. The Labute approximate surface area is 72.9 Å². The molecule has 0 bridgehead atoms. The van der Waals surface area contributed by atoms with E-state index in [0.29, 0.717) is 6.10 Å². The second kappa shape index (κ2) is 5.86. The van der Waals surface area contributed by atoms with Gasteiger partial charge < -0.3 is 10.5 Å². The Balaban J connectivity index is 1.96. The molecule has 1 atom stereocenters. The molecule has 0 aliphatic carbocycles. The van der Waals surface area contributed by atoms with Gasteiger partial charge in [-0.3, -0.25) is 0 Å². The first-order valence-corrected chi connectivity index (χ1v) is 5.48. The van der Waals surface area contributed by atoms with Gasteiger partial charge >= 0.3 is 0 Å². The fraction of sp³-hybridized carbons (Fsp3) is 1.00. The van der Waals surface area contributed by atoms with E-state index in [-0.39, 0.29) is 0 Å². The summed E-state index contributed by atoms with van der Waals surface area (Å²) in [6, 6.07) is 0. The summed E-state index contributed by atoms with van der Waals surface area (Å²) in [6.07, 6.45) is 4.35. The van der Waals surface area contributed by atoms with Gasteiger partial charge in [0.05, 0.1) is 6.10 Å². The summed E-state index contributed by atoms with van der Waals surface area (Å²) in [5.74, 6) is 2.21. The van der Waals surface area contributed by atoms with E-state index < -0.39 is 0 Å². The van der Waals surface area contributed by atoms with Crippen LogP contribution >= 0.6 is 11.8 Å². The van der Waals surface area contributed by atoms with Crippen LogP contribution in [0.3, 0.4) is 0 Å². The third-order valence-corrected chi connectivity index (χ3v) is 2.97. The number of ether oxygens (including phenoxy) is 1. The van der Waals surface area contributed by atoms with Gasteiger partial charge in [0.25, 0.3) is 0 Å². The molecule has 0 saturated carbocycles. The number of rotatable bonds is 4. The maximum absolute atomic E-state index is 5.56. The Hall–Kier alpha value is 0.270. The molecule has 0 aromatic heterocycles. The summed E-state index contributed by atoms with van der Waals surface area (Å²) < 4.78 is 5.56. The van der Waals surface area contributed by atoms with Crippen molar-refractivity contribution in [2.24, 2.45) is 5.73 Å². The van der Waals surface area contributed by atoms with Crippen LogP contribution in [0.5, 0.6) is 0 Å². The third-order valence-electron chi connectivity index (χ3n) is 1.84. The Kier molecular flexibility index (Phi) is 4.99. The molecule has 0 radical (unpaired) electrons. The molecule has 1 saturated heterocycles. The highest BCUT2D eigenvalue weighted by Crippen LogP contribution is 2.16. The lowest BCUT2D eigenvalue weighted by Gasteiger charge is -2.21. The molecule has 0 spiro atoms. The van der Waals surface area contributed by atoms with Gasteiger partial charge in [-0.15, -0.1) is 0 Å². The Morgan fingerprint density at radius 3 is 3.00 bits per heavy atom. The van der Waals surface area contributed by atoms with E-state index >= 15 is 0 Å². The fourth-order valence-electron chi connectivity index (χ4n) is 1.24. The largest absolute Gasteiger partial charge is 0.377 e. The highest BCUT2D eigenvalue weighted by molar-refractivity contribution is 7.99. The maximum Gasteiger partial charge on any atom is 0.0665 e. The molecule has 1 aliphatic heterocycles. The Morgan fingerprint density at radius 1 is 1.45 bits per heavy atom. The zero-order valence-corrected chi connectivity index (χ0v) is 7.74. The van der Waals surface area contributed by atoms with Crippen molar-refractivity contribution in [2.75, 3.05) is 24.7 Å². The van der Waals surface area contributed by atoms with Gasteiger partial charge in [0.1, 0.15) is 0 Å². The van der Waals surface area contributed by atoms with Crippen molar-refractivity contribution in [1.82, 2.24) is 0 Å². The van der Waals surface area contributed by atoms with Crippen molar-refractivity contribution >= 4 is 11.8 Å². The normalized spacial score (nSPS) is 25.4. The molecule has 11 heavy (non-hydrogen) atoms. The van der Waals surface area contributed by atoms with Gasteiger partial charge in [-0.25, -0.2) is 0 Å². The highest BCUT2D eigenvalue weighted by atomic mass is 32.2. The summed E-state index contributed by atoms with van der Waals surface area (Å²) in [7, 11) is 0. The molecular formula is C8H17NOS. The summed E-state index contributed by atoms with van der Waals surface area (Å²) >= 11 is 1.91. The summed E-state index contributed by atoms with van der Waals surface area (Å²) in [4.78, 5) is 0. The van der Waals surface area contributed by atoms with Crippen LogP contribution in [-0.4, -0.2) is 30.8 Å². The van der Waals surface area contributed by atoms with Crippen LogP contribution < -0.4 is 5.73 Å². The van der Waals surface area contributed by atoms with Crippen LogP contribution in [-0.2, 0) is 4.74 Å². The van der Waals surface area contributed by atoms with Crippen molar-refractivity contribution in [1.29, 1.82) is 0 Å². The predicted octanol–water partition coefficient (Wildman–Crippen LogP) is 1.25. The molecule has 66 valence electrons. The molecule has 1 aliphatic rings. The Morgan fingerprint density at radius 2 is 2.36 bits per heavy atom. The second-order valence-corrected chi connectivity index (χ2v) is 4.00. The average Bonchev–Trinajstić information content (AvgIpc) is 2.07. The first-order valence-electron chi connectivity index (χ1n) is 4.33. The monoisotopic (exact) mass is 175 g/mol. The van der Waals surface area contributed by atoms with Gasteiger partial charge in [-0.1, -0.05) is 0 Å². The lowest BCUT2D eigenvalue weighted by atomic mass is 10.1. The van der Waals surface area contributed by atoms with Crippen molar-refractivity contribution in [3.8, 4) is 0 Å². The molecule has 0 amide bonds. The van der Waals surface area contributed by atoms with Crippen molar-refractivity contribution < 1.29 is 4.74 Å². The summed E-state index contributed by atoms with van der Waals surface area (Å²) in [5.41, 5.74) is 5.38. The lowest BCUT2D eigenvalue weighted by Crippen LogP contribution is -2.21. The van der Waals surface area contributed by atoms with E-state index in [4.69, 9.17) is 10.5 Å². The van der Waals surface area contributed by atoms with Crippen molar-refractivity contribution in [3.63, 3.8) is 0 Å². The zero-order valence-electron chi connectivity index (χ0n) is 6.92. The van der Waals surface area contributed by atoms with Gasteiger partial charge in [-0.05, 0) is 19.3 Å². The quantitative estimate of drug-likeness (QED) is 0.653. The number of hydrogen-bond acceptors (Lipinski definition) is 3. The molecule has 2 nitrogen and oxygen atoms in total. The predicted molar refractivity (Wildman–Crippen MR) is 50.0 cm³/mol. The standard InChI is InChI=1S/C8H17NOS/c9-4-6-11-7-8-3-1-2-5-10-8/h8H,1-7,9H2. The van der Waals surface area contributed by atoms with Crippen molar-refractivity contribution in [3.05, 3.63) is 0 Å². The van der Waals surface area contributed by atoms with Crippen LogP contribution in [0.15, 0.2) is 0 Å². The van der Waals surface area contributed by atoms with E-state index in [1.807, 2.05) is 11.8 Å². The molecule has 1 fully saturated rings. The highest BCUT2D eigenvalue weighted by Gasteiger charge is 2.12. The molecule has 1 heterocycles. The first-order chi connectivity index (χ1) is 5.43. The minimum absolute atomic E-state index is 0.514. The van der Waals surface area contributed by atoms with Crippen LogP contribution in [0.1, 0.15) is 19.3 Å². The van der Waals surface area contributed by atoms with Crippen LogP contribution in [0.4, 0.5) is 0 Å². The number of nitrogens with two attached hydrogens (primary N) is 1. The molecule has 0 aromatic rings. The summed E-state index contributed by atoms with van der Waals surface area (Å²) in [6.45, 7) is 1.76. The first kappa shape index (κ1) is 9.36. The number of thioether (sulfide) groups is 1. The molecule has 2 N–H and O–H groups in total. The summed E-state index contributed by atoms with van der Waals surface area (Å²) in [5, 5.41) is 0. The van der Waals surface area contributed by atoms with Gasteiger partial charge in [0, 0.05) is 24.7 Å². The van der Waals surface area contributed by atoms with E-state index in [1.165, 1.54) is 19.3 Å². The topological polar surface area (TPSA) is 35.2 Å². The minimum atomic E-state index is 0.514. The van der Waals surface area contributed by atoms with Crippen LogP contribution in [0, 0.1) is 0 Å². The van der Waals surface area contributed by atoms with Crippen molar-refractivity contribution in [2.45, 2.75) is 25.4 Å². The van der Waals surface area contributed by atoms with Gasteiger partial charge in [-0.2, -0.15) is 11.8 Å². The van der Waals surface area contributed by atoms with Gasteiger partial charge in [0.15, 0.2) is 0 Å². The smallest absolute Gasteiger partial charge is 0.0665 e. The van der Waals surface area contributed by atoms with E-state index in [1.54, 1.807) is 0 Å². The fourth-order valence-corrected chi connectivity index (χ4v) is 2.10. The van der Waals surface area contributed by atoms with E-state index in [2.05, 4.69) is 0 Å². The maximum atomic E-state index is 5.56. The SMILES string of the molecule is NCCSCC1CCCCO1. The number of hydrogen-bond donors (Lipinski definition) is 1. The Bertz CT molecular complexity index is 94.1. The second-order valence-electron chi connectivity index (χ2n) is 2.85. The molecule has 1 unspecified atom stereocenters. The van der Waals surface area contributed by atoms with E-state index in [9.17, 15) is 0 Å². The lowest BCUT2D eigenvalue weighted by molar-refractivity contribution is 0.0315. The molecule has 3 heteroatoms. The van der Waals surface area contributed by atoms with E-state index in [0.717, 1.165) is 24.7 Å². The van der Waals surface area contributed by atoms with Crippen LogP contribution in [0.2, 0.25) is 0 Å². The van der Waals surface area contributed by atoms with Crippen LogP contribution in [0.25, 0.3) is 0 Å².